The largest absolute Gasteiger partial charge is 0.468 e. The molecule has 0 spiro atoms. The van der Waals surface area contributed by atoms with Crippen molar-refractivity contribution in [2.24, 2.45) is 0 Å². The first kappa shape index (κ1) is 15.9. The molecule has 0 saturated carbocycles. The van der Waals surface area contributed by atoms with Crippen molar-refractivity contribution in [3.63, 3.8) is 0 Å². The lowest BCUT2D eigenvalue weighted by molar-refractivity contribution is -0.141. The second-order valence-electron chi connectivity index (χ2n) is 4.03. The van der Waals surface area contributed by atoms with E-state index in [2.05, 4.69) is 9.72 Å². The fourth-order valence-electron chi connectivity index (χ4n) is 1.42. The van der Waals surface area contributed by atoms with Gasteiger partial charge in [-0.25, -0.2) is 8.42 Å². The van der Waals surface area contributed by atoms with Crippen LogP contribution in [0.2, 0.25) is 5.02 Å². The average Bonchev–Trinajstić information content (AvgIpc) is 2.35. The molecule has 0 N–H and O–H groups in total. The fourth-order valence-corrected chi connectivity index (χ4v) is 3.41. The quantitative estimate of drug-likeness (QED) is 0.767. The van der Waals surface area contributed by atoms with Gasteiger partial charge in [0.1, 0.15) is 11.4 Å². The highest BCUT2D eigenvalue weighted by atomic mass is 35.5. The lowest BCUT2D eigenvalue weighted by Crippen LogP contribution is -2.41. The number of carbonyl (C=O) groups is 1. The minimum Gasteiger partial charge on any atom is -0.468 e. The molecule has 106 valence electrons. The maximum atomic E-state index is 12.4. The number of pyridine rings is 1. The van der Waals surface area contributed by atoms with E-state index in [1.54, 1.807) is 13.8 Å². The summed E-state index contributed by atoms with van der Waals surface area (Å²) in [5.41, 5.74) is 0. The minimum absolute atomic E-state index is 0.0607. The van der Waals surface area contributed by atoms with E-state index in [1.807, 2.05) is 0 Å². The van der Waals surface area contributed by atoms with Crippen LogP contribution in [0.25, 0.3) is 0 Å². The third-order valence-electron chi connectivity index (χ3n) is 2.41. The number of sulfonamides is 1. The number of hydrogen-bond acceptors (Lipinski definition) is 5. The average molecular weight is 307 g/mol. The molecule has 0 bridgehead atoms. The van der Waals surface area contributed by atoms with Gasteiger partial charge in [-0.3, -0.25) is 9.78 Å². The summed E-state index contributed by atoms with van der Waals surface area (Å²) in [6, 6.07) is 0.964. The van der Waals surface area contributed by atoms with Crippen LogP contribution in [-0.2, 0) is 19.6 Å². The molecule has 0 fully saturated rings. The molecule has 0 unspecified atom stereocenters. The molecule has 0 aliphatic rings. The summed E-state index contributed by atoms with van der Waals surface area (Å²) < 4.78 is 30.4. The molecule has 1 heterocycles. The zero-order valence-corrected chi connectivity index (χ0v) is 12.4. The number of halogens is 1. The van der Waals surface area contributed by atoms with Gasteiger partial charge in [-0.1, -0.05) is 11.6 Å². The number of esters is 1. The van der Waals surface area contributed by atoms with Crippen LogP contribution in [0.5, 0.6) is 0 Å². The number of methoxy groups -OCH3 is 1. The topological polar surface area (TPSA) is 76.6 Å². The molecule has 8 heteroatoms. The zero-order chi connectivity index (χ0) is 14.6. The standard InChI is InChI=1S/C11H15ClN2O4S/c1-8(2)14(7-11(15)18-3)19(16,17)10-6-13-5-4-9(10)12/h4-6,8H,7H2,1-3H3. The van der Waals surface area contributed by atoms with Gasteiger partial charge >= 0.3 is 5.97 Å². The van der Waals surface area contributed by atoms with Crippen molar-refractivity contribution < 1.29 is 17.9 Å². The SMILES string of the molecule is COC(=O)CN(C(C)C)S(=O)(=O)c1cnccc1Cl. The molecule has 0 aliphatic heterocycles. The predicted octanol–water partition coefficient (Wildman–Crippen LogP) is 1.31. The third-order valence-corrected chi connectivity index (χ3v) is 4.90. The normalized spacial score (nSPS) is 11.9. The summed E-state index contributed by atoms with van der Waals surface area (Å²) in [5, 5.41) is 0.0607. The van der Waals surface area contributed by atoms with E-state index in [9.17, 15) is 13.2 Å². The first-order valence-electron chi connectivity index (χ1n) is 5.49. The maximum Gasteiger partial charge on any atom is 0.321 e. The molecule has 0 amide bonds. The highest BCUT2D eigenvalue weighted by molar-refractivity contribution is 7.89. The van der Waals surface area contributed by atoms with E-state index in [0.717, 1.165) is 10.5 Å². The predicted molar refractivity (Wildman–Crippen MR) is 70.3 cm³/mol. The molecule has 1 rings (SSSR count). The summed E-state index contributed by atoms with van der Waals surface area (Å²) in [6.07, 6.45) is 2.55. The van der Waals surface area contributed by atoms with Crippen molar-refractivity contribution in [2.75, 3.05) is 13.7 Å². The number of ether oxygens (including phenoxy) is 1. The summed E-state index contributed by atoms with van der Waals surface area (Å²) in [6.45, 7) is 2.94. The molecule has 0 saturated heterocycles. The van der Waals surface area contributed by atoms with Gasteiger partial charge in [0.25, 0.3) is 0 Å². The Morgan fingerprint density at radius 2 is 2.16 bits per heavy atom. The van der Waals surface area contributed by atoms with E-state index < -0.39 is 22.0 Å². The van der Waals surface area contributed by atoms with E-state index >= 15 is 0 Å². The Morgan fingerprint density at radius 3 is 2.63 bits per heavy atom. The monoisotopic (exact) mass is 306 g/mol. The zero-order valence-electron chi connectivity index (χ0n) is 10.8. The van der Waals surface area contributed by atoms with Gasteiger partial charge in [-0.2, -0.15) is 4.31 Å². The smallest absolute Gasteiger partial charge is 0.321 e. The minimum atomic E-state index is -3.90. The van der Waals surface area contributed by atoms with Gasteiger partial charge in [0, 0.05) is 18.4 Å². The Balaban J connectivity index is 3.21. The number of rotatable bonds is 5. The molecule has 1 aromatic heterocycles. The molecule has 1 aromatic rings. The Morgan fingerprint density at radius 1 is 1.53 bits per heavy atom. The number of carbonyl (C=O) groups excluding carboxylic acids is 1. The van der Waals surface area contributed by atoms with Crippen molar-refractivity contribution in [1.82, 2.24) is 9.29 Å². The number of nitrogens with zero attached hydrogens (tertiary/aromatic N) is 2. The van der Waals surface area contributed by atoms with Gasteiger partial charge in [0.15, 0.2) is 0 Å². The third kappa shape index (κ3) is 3.65. The Hall–Kier alpha value is -1.18. The van der Waals surface area contributed by atoms with E-state index in [1.165, 1.54) is 19.4 Å². The first-order chi connectivity index (χ1) is 8.80. The van der Waals surface area contributed by atoms with E-state index in [0.29, 0.717) is 0 Å². The van der Waals surface area contributed by atoms with Crippen LogP contribution in [0.15, 0.2) is 23.4 Å². The Labute approximate surface area is 117 Å². The van der Waals surface area contributed by atoms with Crippen LogP contribution in [0.4, 0.5) is 0 Å². The number of hydrogen-bond donors (Lipinski definition) is 0. The maximum absolute atomic E-state index is 12.4. The second kappa shape index (κ2) is 6.31. The Bertz CT molecular complexity index is 560. The van der Waals surface area contributed by atoms with Crippen LogP contribution in [-0.4, -0.2) is 43.4 Å². The van der Waals surface area contributed by atoms with Crippen LogP contribution >= 0.6 is 11.6 Å². The van der Waals surface area contributed by atoms with Crippen molar-refractivity contribution in [2.45, 2.75) is 24.8 Å². The summed E-state index contributed by atoms with van der Waals surface area (Å²) in [7, 11) is -2.70. The van der Waals surface area contributed by atoms with Gasteiger partial charge in [-0.15, -0.1) is 0 Å². The fraction of sp³-hybridized carbons (Fsp3) is 0.455. The molecular weight excluding hydrogens is 292 g/mol. The lowest BCUT2D eigenvalue weighted by atomic mass is 10.4. The number of aromatic nitrogens is 1. The van der Waals surface area contributed by atoms with E-state index in [-0.39, 0.29) is 16.5 Å². The highest BCUT2D eigenvalue weighted by Crippen LogP contribution is 2.24. The molecule has 0 aliphatic carbocycles. The van der Waals surface area contributed by atoms with Crippen LogP contribution in [0, 0.1) is 0 Å². The van der Waals surface area contributed by atoms with Crippen LogP contribution in [0.1, 0.15) is 13.8 Å². The van der Waals surface area contributed by atoms with Crippen molar-refractivity contribution in [3.05, 3.63) is 23.5 Å². The molecule has 0 radical (unpaired) electrons. The molecule has 19 heavy (non-hydrogen) atoms. The molecule has 0 atom stereocenters. The van der Waals surface area contributed by atoms with Crippen molar-refractivity contribution >= 4 is 27.6 Å². The first-order valence-corrected chi connectivity index (χ1v) is 7.30. The van der Waals surface area contributed by atoms with Gasteiger partial charge in [0.2, 0.25) is 10.0 Å². The van der Waals surface area contributed by atoms with Crippen LogP contribution < -0.4 is 0 Å². The van der Waals surface area contributed by atoms with Crippen molar-refractivity contribution in [1.29, 1.82) is 0 Å². The van der Waals surface area contributed by atoms with Gasteiger partial charge < -0.3 is 4.74 Å². The van der Waals surface area contributed by atoms with E-state index in [4.69, 9.17) is 11.6 Å². The molecular formula is C11H15ClN2O4S. The molecule has 0 aromatic carbocycles. The van der Waals surface area contributed by atoms with Crippen LogP contribution in [0.3, 0.4) is 0 Å². The van der Waals surface area contributed by atoms with Gasteiger partial charge in [0.05, 0.1) is 12.1 Å². The summed E-state index contributed by atoms with van der Waals surface area (Å²) >= 11 is 5.87. The lowest BCUT2D eigenvalue weighted by Gasteiger charge is -2.24. The molecule has 6 nitrogen and oxygen atoms in total. The summed E-state index contributed by atoms with van der Waals surface area (Å²) in [4.78, 5) is 14.9. The van der Waals surface area contributed by atoms with Gasteiger partial charge in [-0.05, 0) is 19.9 Å². The second-order valence-corrected chi connectivity index (χ2v) is 6.29. The Kier molecular flexibility index (Phi) is 5.28. The van der Waals surface area contributed by atoms with Crippen molar-refractivity contribution in [3.8, 4) is 0 Å². The summed E-state index contributed by atoms with van der Waals surface area (Å²) in [5.74, 6) is -0.641. The highest BCUT2D eigenvalue weighted by Gasteiger charge is 2.31.